The highest BCUT2D eigenvalue weighted by Gasteiger charge is 2.31. The number of hydrogen-bond donors (Lipinski definition) is 2. The molecule has 0 atom stereocenters. The summed E-state index contributed by atoms with van der Waals surface area (Å²) in [6.07, 6.45) is -0.742. The van der Waals surface area contributed by atoms with Crippen LogP contribution in [0, 0.1) is 20.8 Å². The van der Waals surface area contributed by atoms with Crippen LogP contribution in [0.15, 0.2) is 53.4 Å². The van der Waals surface area contributed by atoms with Crippen LogP contribution in [0.4, 0.5) is 15.3 Å². The molecular weight excluding hydrogens is 546 g/mol. The van der Waals surface area contributed by atoms with Gasteiger partial charge in [0.15, 0.2) is 0 Å². The van der Waals surface area contributed by atoms with Gasteiger partial charge in [0.1, 0.15) is 12.2 Å². The predicted octanol–water partition coefficient (Wildman–Crippen LogP) is 7.31. The topological polar surface area (TPSA) is 71.1 Å². The number of rotatable bonds is 5. The first-order valence-electron chi connectivity index (χ1n) is 14.6. The average molecular weight is 588 g/mol. The van der Waals surface area contributed by atoms with Crippen molar-refractivity contribution >= 4 is 30.5 Å². The van der Waals surface area contributed by atoms with Crippen LogP contribution in [0.3, 0.4) is 0 Å². The number of nitrogens with one attached hydrogen (secondary N) is 1. The van der Waals surface area contributed by atoms with Crippen molar-refractivity contribution in [3.8, 4) is 11.1 Å². The Bertz CT molecular complexity index is 1460. The Balaban J connectivity index is 1.20. The van der Waals surface area contributed by atoms with Gasteiger partial charge in [0.25, 0.3) is 0 Å². The Kier molecular flexibility index (Phi) is 8.58. The van der Waals surface area contributed by atoms with Gasteiger partial charge >= 0.3 is 12.2 Å². The van der Waals surface area contributed by atoms with Crippen LogP contribution in [-0.4, -0.2) is 60.4 Å². The fraction of sp³-hybridized carbons (Fsp3) is 0.412. The van der Waals surface area contributed by atoms with Gasteiger partial charge in [0.2, 0.25) is 0 Å². The molecule has 0 aromatic heterocycles. The van der Waals surface area contributed by atoms with Crippen molar-refractivity contribution in [2.24, 2.45) is 0 Å². The van der Waals surface area contributed by atoms with Gasteiger partial charge in [-0.3, -0.25) is 10.2 Å². The van der Waals surface area contributed by atoms with Gasteiger partial charge in [0, 0.05) is 43.5 Å². The summed E-state index contributed by atoms with van der Waals surface area (Å²) in [5.41, 5.74) is 9.18. The van der Waals surface area contributed by atoms with Crippen molar-refractivity contribution in [3.63, 3.8) is 0 Å². The van der Waals surface area contributed by atoms with E-state index < -0.39 is 11.7 Å². The Morgan fingerprint density at radius 3 is 2.02 bits per heavy atom. The minimum Gasteiger partial charge on any atom is -0.448 e. The van der Waals surface area contributed by atoms with E-state index in [2.05, 4.69) is 53.5 Å². The molecule has 0 unspecified atom stereocenters. The second kappa shape index (κ2) is 12.0. The molecule has 0 saturated carbocycles. The van der Waals surface area contributed by atoms with E-state index in [1.165, 1.54) is 22.3 Å². The van der Waals surface area contributed by atoms with E-state index in [0.29, 0.717) is 26.2 Å². The number of hydrogen-bond acceptors (Lipinski definition) is 6. The zero-order chi connectivity index (χ0) is 30.2. The number of amides is 2. The summed E-state index contributed by atoms with van der Waals surface area (Å²) in [5, 5.41) is 2.95. The summed E-state index contributed by atoms with van der Waals surface area (Å²) in [6.45, 7) is 15.3. The first-order valence-corrected chi connectivity index (χ1v) is 15.0. The lowest BCUT2D eigenvalue weighted by Crippen LogP contribution is -2.48. The van der Waals surface area contributed by atoms with Gasteiger partial charge in [-0.1, -0.05) is 48.5 Å². The van der Waals surface area contributed by atoms with Gasteiger partial charge in [-0.05, 0) is 86.1 Å². The van der Waals surface area contributed by atoms with Gasteiger partial charge < -0.3 is 14.4 Å². The summed E-state index contributed by atoms with van der Waals surface area (Å²) in [6, 6.07) is 16.7. The van der Waals surface area contributed by atoms with Gasteiger partial charge in [-0.2, -0.15) is 0 Å². The number of nitrogens with zero attached hydrogens (tertiary/aromatic N) is 2. The molecule has 5 rings (SSSR count). The highest BCUT2D eigenvalue weighted by atomic mass is 32.1. The summed E-state index contributed by atoms with van der Waals surface area (Å²) in [5.74, 6) is 0.0500. The third kappa shape index (κ3) is 6.15. The molecule has 0 radical (unpaired) electrons. The van der Waals surface area contributed by atoms with E-state index >= 15 is 0 Å². The maximum atomic E-state index is 13.1. The van der Waals surface area contributed by atoms with E-state index in [4.69, 9.17) is 22.1 Å². The van der Waals surface area contributed by atoms with E-state index in [1.807, 2.05) is 46.8 Å². The maximum Gasteiger partial charge on any atom is 0.412 e. The first-order chi connectivity index (χ1) is 19.9. The molecule has 0 spiro atoms. The average Bonchev–Trinajstić information content (AvgIpc) is 3.28. The van der Waals surface area contributed by atoms with E-state index in [-0.39, 0.29) is 12.0 Å². The third-order valence-electron chi connectivity index (χ3n) is 8.34. The van der Waals surface area contributed by atoms with Crippen LogP contribution in [0.5, 0.6) is 0 Å². The van der Waals surface area contributed by atoms with Crippen molar-refractivity contribution in [1.29, 1.82) is 0 Å². The minimum absolute atomic E-state index is 0.0500. The standard InChI is InChI=1S/C34H41N3O4S/c1-21-28(22(2)31(42)23(3)30(21)35-32(38)41-34(4,5)6)19-36-15-17-37(18-16-36)33(39)40-20-29-26-13-9-7-11-24(26)25-12-8-10-14-27(25)29/h7-14,29,42H,15-20H2,1-6H3,(H,35,38). The molecule has 3 aromatic carbocycles. The fourth-order valence-electron chi connectivity index (χ4n) is 6.08. The molecule has 1 fully saturated rings. The number of thiol groups is 1. The normalized spacial score (nSPS) is 15.3. The third-order valence-corrected chi connectivity index (χ3v) is 9.01. The monoisotopic (exact) mass is 587 g/mol. The highest BCUT2D eigenvalue weighted by molar-refractivity contribution is 7.80. The predicted molar refractivity (Wildman–Crippen MR) is 170 cm³/mol. The molecule has 0 bridgehead atoms. The Morgan fingerprint density at radius 2 is 1.45 bits per heavy atom. The number of fused-ring (bicyclic) bond motifs is 3. The van der Waals surface area contributed by atoms with Crippen LogP contribution >= 0.6 is 12.6 Å². The Hall–Kier alpha value is -3.49. The summed E-state index contributed by atoms with van der Waals surface area (Å²) in [7, 11) is 0. The van der Waals surface area contributed by atoms with E-state index in [0.717, 1.165) is 45.9 Å². The highest BCUT2D eigenvalue weighted by Crippen LogP contribution is 2.44. The zero-order valence-electron chi connectivity index (χ0n) is 25.4. The summed E-state index contributed by atoms with van der Waals surface area (Å²) in [4.78, 5) is 30.7. The maximum absolute atomic E-state index is 13.1. The number of carbonyl (C=O) groups is 2. The van der Waals surface area contributed by atoms with Crippen LogP contribution in [0.1, 0.15) is 60.1 Å². The van der Waals surface area contributed by atoms with Gasteiger partial charge in [0.05, 0.1) is 5.69 Å². The Labute approximate surface area is 254 Å². The van der Waals surface area contributed by atoms with Gasteiger partial charge in [-0.25, -0.2) is 9.59 Å². The molecule has 2 aliphatic rings. The summed E-state index contributed by atoms with van der Waals surface area (Å²) >= 11 is 4.78. The molecule has 8 heteroatoms. The van der Waals surface area contributed by atoms with Crippen molar-refractivity contribution in [2.45, 2.75) is 64.5 Å². The number of benzene rings is 3. The molecule has 42 heavy (non-hydrogen) atoms. The van der Waals surface area contributed by atoms with Crippen molar-refractivity contribution in [1.82, 2.24) is 9.80 Å². The molecule has 222 valence electrons. The molecular formula is C34H41N3O4S. The lowest BCUT2D eigenvalue weighted by Gasteiger charge is -2.35. The van der Waals surface area contributed by atoms with E-state index in [9.17, 15) is 9.59 Å². The summed E-state index contributed by atoms with van der Waals surface area (Å²) < 4.78 is 11.4. The molecule has 2 amide bonds. The van der Waals surface area contributed by atoms with E-state index in [1.54, 1.807) is 4.90 Å². The second-order valence-corrected chi connectivity index (χ2v) is 12.7. The molecule has 1 N–H and O–H groups in total. The Morgan fingerprint density at radius 1 is 0.881 bits per heavy atom. The molecule has 1 aliphatic heterocycles. The molecule has 3 aromatic rings. The number of ether oxygens (including phenoxy) is 2. The lowest BCUT2D eigenvalue weighted by molar-refractivity contribution is 0.0635. The smallest absolute Gasteiger partial charge is 0.412 e. The van der Waals surface area contributed by atoms with Crippen LogP contribution < -0.4 is 5.32 Å². The fourth-order valence-corrected chi connectivity index (χ4v) is 6.33. The zero-order valence-corrected chi connectivity index (χ0v) is 26.3. The first kappa shape index (κ1) is 30.0. The van der Waals surface area contributed by atoms with Gasteiger partial charge in [-0.15, -0.1) is 12.6 Å². The largest absolute Gasteiger partial charge is 0.448 e. The van der Waals surface area contributed by atoms with Crippen molar-refractivity contribution in [3.05, 3.63) is 81.9 Å². The molecule has 1 aliphatic carbocycles. The van der Waals surface area contributed by atoms with Crippen LogP contribution in [0.25, 0.3) is 11.1 Å². The number of carbonyl (C=O) groups excluding carboxylic acids is 2. The molecule has 1 heterocycles. The van der Waals surface area contributed by atoms with Crippen molar-refractivity contribution < 1.29 is 19.1 Å². The molecule has 7 nitrogen and oxygen atoms in total. The molecule has 1 saturated heterocycles. The van der Waals surface area contributed by atoms with Crippen LogP contribution in [0.2, 0.25) is 0 Å². The lowest BCUT2D eigenvalue weighted by atomic mass is 9.96. The SMILES string of the molecule is Cc1c(S)c(C)c(NC(=O)OC(C)(C)C)c(C)c1CN1CCN(C(=O)OCC2c3ccccc3-c3ccccc32)CC1. The van der Waals surface area contributed by atoms with Crippen LogP contribution in [-0.2, 0) is 16.0 Å². The van der Waals surface area contributed by atoms with Crippen molar-refractivity contribution in [2.75, 3.05) is 38.1 Å². The minimum atomic E-state index is -0.587. The quantitative estimate of drug-likeness (QED) is 0.306. The number of anilines is 1. The second-order valence-electron chi connectivity index (χ2n) is 12.3. The number of piperazine rings is 1.